The summed E-state index contributed by atoms with van der Waals surface area (Å²) in [5.74, 6) is 1.02. The zero-order valence-electron chi connectivity index (χ0n) is 12.1. The number of amides is 1. The number of benzene rings is 1. The lowest BCUT2D eigenvalue weighted by molar-refractivity contribution is -0.120. The molecular formula is C17H25NO. The van der Waals surface area contributed by atoms with Gasteiger partial charge in [-0.3, -0.25) is 4.79 Å². The second-order valence-electron chi connectivity index (χ2n) is 5.76. The van der Waals surface area contributed by atoms with Crippen molar-refractivity contribution in [2.45, 2.75) is 58.3 Å². The number of carbonyl (C=O) groups is 1. The van der Waals surface area contributed by atoms with Gasteiger partial charge in [-0.15, -0.1) is 0 Å². The first-order valence-electron chi connectivity index (χ1n) is 7.61. The van der Waals surface area contributed by atoms with Gasteiger partial charge in [0, 0.05) is 11.6 Å². The van der Waals surface area contributed by atoms with E-state index in [1.807, 2.05) is 12.1 Å². The summed E-state index contributed by atoms with van der Waals surface area (Å²) in [5.41, 5.74) is 2.28. The second-order valence-corrected chi connectivity index (χ2v) is 5.76. The molecule has 1 aromatic rings. The fourth-order valence-corrected chi connectivity index (χ4v) is 2.74. The van der Waals surface area contributed by atoms with Gasteiger partial charge >= 0.3 is 0 Å². The largest absolute Gasteiger partial charge is 0.326 e. The van der Waals surface area contributed by atoms with Gasteiger partial charge < -0.3 is 5.32 Å². The van der Waals surface area contributed by atoms with E-state index < -0.39 is 0 Å². The molecule has 1 amide bonds. The zero-order chi connectivity index (χ0) is 13.7. The third-order valence-corrected chi connectivity index (χ3v) is 4.34. The quantitative estimate of drug-likeness (QED) is 0.833. The molecule has 0 aliphatic heterocycles. The van der Waals surface area contributed by atoms with Crippen LogP contribution in [-0.4, -0.2) is 5.91 Å². The van der Waals surface area contributed by atoms with Crippen molar-refractivity contribution < 1.29 is 4.79 Å². The first-order chi connectivity index (χ1) is 9.20. The van der Waals surface area contributed by atoms with Gasteiger partial charge in [-0.2, -0.15) is 0 Å². The van der Waals surface area contributed by atoms with Crippen LogP contribution in [0, 0.1) is 5.92 Å². The van der Waals surface area contributed by atoms with E-state index in [0.29, 0.717) is 5.92 Å². The van der Waals surface area contributed by atoms with Gasteiger partial charge in [0.1, 0.15) is 0 Å². The van der Waals surface area contributed by atoms with E-state index in [2.05, 4.69) is 31.3 Å². The Morgan fingerprint density at radius 1 is 1.21 bits per heavy atom. The number of carbonyl (C=O) groups excluding carboxylic acids is 1. The van der Waals surface area contributed by atoms with Crippen molar-refractivity contribution in [3.63, 3.8) is 0 Å². The molecule has 0 bridgehead atoms. The lowest BCUT2D eigenvalue weighted by atomic mass is 9.88. The van der Waals surface area contributed by atoms with E-state index in [9.17, 15) is 4.79 Å². The molecule has 1 aromatic carbocycles. The van der Waals surface area contributed by atoms with Gasteiger partial charge in [-0.25, -0.2) is 0 Å². The van der Waals surface area contributed by atoms with Crippen LogP contribution < -0.4 is 5.32 Å². The van der Waals surface area contributed by atoms with Crippen LogP contribution in [0.1, 0.15) is 63.9 Å². The Kier molecular flexibility index (Phi) is 5.00. The highest BCUT2D eigenvalue weighted by Gasteiger charge is 2.20. The van der Waals surface area contributed by atoms with Crippen LogP contribution >= 0.6 is 0 Å². The zero-order valence-corrected chi connectivity index (χ0v) is 12.1. The summed E-state index contributed by atoms with van der Waals surface area (Å²) in [7, 11) is 0. The number of hydrogen-bond donors (Lipinski definition) is 1. The maximum Gasteiger partial charge on any atom is 0.227 e. The molecule has 104 valence electrons. The summed E-state index contributed by atoms with van der Waals surface area (Å²) in [6, 6.07) is 8.32. The van der Waals surface area contributed by atoms with Crippen LogP contribution in [0.4, 0.5) is 5.69 Å². The Hall–Kier alpha value is -1.31. The fourth-order valence-electron chi connectivity index (χ4n) is 2.74. The van der Waals surface area contributed by atoms with Crippen molar-refractivity contribution in [2.24, 2.45) is 5.92 Å². The SMILES string of the molecule is CCC(C)c1ccc(NC(=O)C2CCCCC2)cc1. The van der Waals surface area contributed by atoms with E-state index in [4.69, 9.17) is 0 Å². The molecule has 0 saturated heterocycles. The molecule has 1 fully saturated rings. The second kappa shape index (κ2) is 6.74. The van der Waals surface area contributed by atoms with Crippen molar-refractivity contribution in [3.8, 4) is 0 Å². The Morgan fingerprint density at radius 3 is 2.42 bits per heavy atom. The lowest BCUT2D eigenvalue weighted by Crippen LogP contribution is -2.24. The minimum Gasteiger partial charge on any atom is -0.326 e. The third-order valence-electron chi connectivity index (χ3n) is 4.34. The van der Waals surface area contributed by atoms with E-state index >= 15 is 0 Å². The molecule has 1 aliphatic carbocycles. The van der Waals surface area contributed by atoms with Crippen LogP contribution in [0.2, 0.25) is 0 Å². The van der Waals surface area contributed by atoms with Crippen LogP contribution in [0.3, 0.4) is 0 Å². The van der Waals surface area contributed by atoms with Crippen LogP contribution in [-0.2, 0) is 4.79 Å². The van der Waals surface area contributed by atoms with Crippen LogP contribution in [0.5, 0.6) is 0 Å². The summed E-state index contributed by atoms with van der Waals surface area (Å²) in [6.07, 6.45) is 6.94. The number of nitrogens with one attached hydrogen (secondary N) is 1. The van der Waals surface area contributed by atoms with Gasteiger partial charge in [-0.05, 0) is 42.9 Å². The molecule has 2 nitrogen and oxygen atoms in total. The van der Waals surface area contributed by atoms with Gasteiger partial charge in [0.25, 0.3) is 0 Å². The van der Waals surface area contributed by atoms with Crippen molar-refractivity contribution >= 4 is 11.6 Å². The molecule has 1 aliphatic rings. The Morgan fingerprint density at radius 2 is 1.84 bits per heavy atom. The maximum absolute atomic E-state index is 12.1. The number of hydrogen-bond acceptors (Lipinski definition) is 1. The minimum absolute atomic E-state index is 0.205. The topological polar surface area (TPSA) is 29.1 Å². The van der Waals surface area contributed by atoms with Gasteiger partial charge in [-0.1, -0.05) is 45.2 Å². The molecule has 1 unspecified atom stereocenters. The van der Waals surface area contributed by atoms with Crippen molar-refractivity contribution in [3.05, 3.63) is 29.8 Å². The standard InChI is InChI=1S/C17H25NO/c1-3-13(2)14-9-11-16(12-10-14)18-17(19)15-7-5-4-6-8-15/h9-13,15H,3-8H2,1-2H3,(H,18,19). The van der Waals surface area contributed by atoms with E-state index in [1.165, 1.54) is 24.8 Å². The van der Waals surface area contributed by atoms with Gasteiger partial charge in [0.15, 0.2) is 0 Å². The predicted octanol–water partition coefficient (Wildman–Crippen LogP) is 4.72. The summed E-state index contributed by atoms with van der Waals surface area (Å²) in [5, 5.41) is 3.06. The summed E-state index contributed by atoms with van der Waals surface area (Å²) < 4.78 is 0. The highest BCUT2D eigenvalue weighted by Crippen LogP contribution is 2.25. The molecular weight excluding hydrogens is 234 g/mol. The molecule has 0 spiro atoms. The highest BCUT2D eigenvalue weighted by atomic mass is 16.1. The normalized spacial score (nSPS) is 18.0. The van der Waals surface area contributed by atoms with E-state index in [0.717, 1.165) is 24.9 Å². The first-order valence-corrected chi connectivity index (χ1v) is 7.61. The number of anilines is 1. The molecule has 1 atom stereocenters. The molecule has 0 heterocycles. The van der Waals surface area contributed by atoms with Crippen LogP contribution in [0.15, 0.2) is 24.3 Å². The highest BCUT2D eigenvalue weighted by molar-refractivity contribution is 5.92. The minimum atomic E-state index is 0.205. The van der Waals surface area contributed by atoms with Gasteiger partial charge in [0.05, 0.1) is 0 Å². The summed E-state index contributed by atoms with van der Waals surface area (Å²) in [4.78, 5) is 12.1. The first kappa shape index (κ1) is 14.1. The lowest BCUT2D eigenvalue weighted by Gasteiger charge is -2.20. The van der Waals surface area contributed by atoms with Crippen molar-refractivity contribution in [1.29, 1.82) is 0 Å². The monoisotopic (exact) mass is 259 g/mol. The molecule has 19 heavy (non-hydrogen) atoms. The maximum atomic E-state index is 12.1. The Labute approximate surface area is 116 Å². The van der Waals surface area contributed by atoms with Crippen molar-refractivity contribution in [1.82, 2.24) is 0 Å². The Bertz CT molecular complexity index is 404. The average Bonchev–Trinajstić information content (AvgIpc) is 2.48. The fraction of sp³-hybridized carbons (Fsp3) is 0.588. The summed E-state index contributed by atoms with van der Waals surface area (Å²) >= 11 is 0. The summed E-state index contributed by atoms with van der Waals surface area (Å²) in [6.45, 7) is 4.43. The molecule has 1 N–H and O–H groups in total. The smallest absolute Gasteiger partial charge is 0.227 e. The van der Waals surface area contributed by atoms with Gasteiger partial charge in [0.2, 0.25) is 5.91 Å². The molecule has 2 rings (SSSR count). The van der Waals surface area contributed by atoms with E-state index in [1.54, 1.807) is 0 Å². The van der Waals surface area contributed by atoms with Crippen LogP contribution in [0.25, 0.3) is 0 Å². The number of rotatable bonds is 4. The van der Waals surface area contributed by atoms with Crippen molar-refractivity contribution in [2.75, 3.05) is 5.32 Å². The molecule has 0 radical (unpaired) electrons. The third kappa shape index (κ3) is 3.82. The Balaban J connectivity index is 1.93. The average molecular weight is 259 g/mol. The molecule has 2 heteroatoms. The molecule has 1 saturated carbocycles. The predicted molar refractivity (Wildman–Crippen MR) is 80.4 cm³/mol. The van der Waals surface area contributed by atoms with E-state index in [-0.39, 0.29) is 11.8 Å². The molecule has 0 aromatic heterocycles.